The van der Waals surface area contributed by atoms with Crippen LogP contribution in [-0.4, -0.2) is 9.97 Å². The minimum Gasteiger partial charge on any atom is -0.324 e. The molecule has 1 aromatic carbocycles. The van der Waals surface area contributed by atoms with Crippen LogP contribution in [0.15, 0.2) is 36.7 Å². The average Bonchev–Trinajstić information content (AvgIpc) is 2.28. The molecule has 0 aliphatic carbocycles. The van der Waals surface area contributed by atoms with E-state index in [2.05, 4.69) is 15.3 Å². The molecular formula is C11H7F4N3. The van der Waals surface area contributed by atoms with Gasteiger partial charge < -0.3 is 5.32 Å². The van der Waals surface area contributed by atoms with Crippen LogP contribution in [0.3, 0.4) is 0 Å². The Kier molecular flexibility index (Phi) is 3.14. The van der Waals surface area contributed by atoms with Gasteiger partial charge >= 0.3 is 6.18 Å². The first kappa shape index (κ1) is 12.3. The Morgan fingerprint density at radius 2 is 1.72 bits per heavy atom. The molecule has 0 fully saturated rings. The highest BCUT2D eigenvalue weighted by atomic mass is 19.4. The largest absolute Gasteiger partial charge is 0.419 e. The van der Waals surface area contributed by atoms with E-state index in [9.17, 15) is 17.6 Å². The lowest BCUT2D eigenvalue weighted by molar-refractivity contribution is -0.138. The van der Waals surface area contributed by atoms with E-state index in [-0.39, 0.29) is 5.95 Å². The molecule has 0 radical (unpaired) electrons. The third kappa shape index (κ3) is 2.93. The van der Waals surface area contributed by atoms with Crippen molar-refractivity contribution in [1.29, 1.82) is 0 Å². The fraction of sp³-hybridized carbons (Fsp3) is 0.0909. The highest BCUT2D eigenvalue weighted by Gasteiger charge is 2.31. The molecule has 0 amide bonds. The number of benzene rings is 1. The lowest BCUT2D eigenvalue weighted by Crippen LogP contribution is -2.07. The van der Waals surface area contributed by atoms with Crippen molar-refractivity contribution in [2.45, 2.75) is 6.18 Å². The van der Waals surface area contributed by atoms with Crippen LogP contribution in [-0.2, 0) is 6.18 Å². The fourth-order valence-electron chi connectivity index (χ4n) is 1.23. The number of alkyl halides is 3. The second kappa shape index (κ2) is 4.59. The van der Waals surface area contributed by atoms with E-state index in [1.807, 2.05) is 0 Å². The van der Waals surface area contributed by atoms with E-state index in [0.717, 1.165) is 0 Å². The molecule has 0 unspecified atom stereocenters. The maximum Gasteiger partial charge on any atom is 0.419 e. The first-order chi connectivity index (χ1) is 8.45. The molecule has 0 aliphatic heterocycles. The smallest absolute Gasteiger partial charge is 0.324 e. The second-order valence-corrected chi connectivity index (χ2v) is 3.43. The van der Waals surface area contributed by atoms with Crippen molar-refractivity contribution >= 4 is 11.6 Å². The van der Waals surface area contributed by atoms with Crippen LogP contribution in [0.5, 0.6) is 0 Å². The number of aromatic nitrogens is 2. The molecule has 18 heavy (non-hydrogen) atoms. The molecule has 3 nitrogen and oxygen atoms in total. The van der Waals surface area contributed by atoms with Crippen LogP contribution in [0.4, 0.5) is 29.2 Å². The van der Waals surface area contributed by atoms with E-state index in [4.69, 9.17) is 0 Å². The maximum atomic E-state index is 12.9. The van der Waals surface area contributed by atoms with Crippen LogP contribution in [0.25, 0.3) is 0 Å². The molecule has 1 heterocycles. The zero-order chi connectivity index (χ0) is 13.2. The number of hydrogen-bond donors (Lipinski definition) is 1. The fourth-order valence-corrected chi connectivity index (χ4v) is 1.23. The van der Waals surface area contributed by atoms with Crippen LogP contribution in [0.2, 0.25) is 0 Å². The van der Waals surface area contributed by atoms with Crippen molar-refractivity contribution in [3.8, 4) is 0 Å². The van der Waals surface area contributed by atoms with E-state index < -0.39 is 17.6 Å². The molecule has 94 valence electrons. The Bertz CT molecular complexity index is 537. The molecule has 1 aromatic heterocycles. The van der Waals surface area contributed by atoms with Crippen LogP contribution in [0, 0.1) is 5.82 Å². The molecule has 0 saturated carbocycles. The van der Waals surface area contributed by atoms with Gasteiger partial charge in [0.25, 0.3) is 0 Å². The molecule has 0 atom stereocenters. The molecule has 0 saturated heterocycles. The molecule has 0 aliphatic rings. The highest BCUT2D eigenvalue weighted by molar-refractivity contribution is 5.52. The zero-order valence-electron chi connectivity index (χ0n) is 8.87. The van der Waals surface area contributed by atoms with Crippen LogP contribution < -0.4 is 5.32 Å². The number of halogens is 4. The minimum atomic E-state index is -4.47. The minimum absolute atomic E-state index is 0.0337. The van der Waals surface area contributed by atoms with Gasteiger partial charge in [-0.25, -0.2) is 14.4 Å². The predicted octanol–water partition coefficient (Wildman–Crippen LogP) is 3.38. The van der Waals surface area contributed by atoms with Crippen molar-refractivity contribution in [2.75, 3.05) is 5.32 Å². The number of hydrogen-bond acceptors (Lipinski definition) is 3. The van der Waals surface area contributed by atoms with Gasteiger partial charge in [0.05, 0.1) is 5.56 Å². The van der Waals surface area contributed by atoms with Crippen LogP contribution >= 0.6 is 0 Å². The van der Waals surface area contributed by atoms with Gasteiger partial charge in [-0.3, -0.25) is 0 Å². The number of nitrogens with one attached hydrogen (secondary N) is 1. The van der Waals surface area contributed by atoms with Gasteiger partial charge in [-0.15, -0.1) is 0 Å². The van der Waals surface area contributed by atoms with Gasteiger partial charge in [-0.2, -0.15) is 13.2 Å². The summed E-state index contributed by atoms with van der Waals surface area (Å²) in [6.07, 6.45) is -3.15. The monoisotopic (exact) mass is 257 g/mol. The number of rotatable bonds is 2. The third-order valence-corrected chi connectivity index (χ3v) is 2.06. The Balaban J connectivity index is 2.16. The summed E-state index contributed by atoms with van der Waals surface area (Å²) in [5, 5.41) is 2.59. The molecule has 0 bridgehead atoms. The summed E-state index contributed by atoms with van der Waals surface area (Å²) >= 11 is 0. The Hall–Kier alpha value is -2.18. The lowest BCUT2D eigenvalue weighted by Gasteiger charge is -2.07. The zero-order valence-corrected chi connectivity index (χ0v) is 8.87. The standard InChI is InChI=1S/C11H7F4N3/c12-8-2-1-3-9(4-8)18-10-16-5-7(6-17-10)11(13,14)15/h1-6H,(H,16,17,18). The normalized spacial score (nSPS) is 11.3. The highest BCUT2D eigenvalue weighted by Crippen LogP contribution is 2.28. The quantitative estimate of drug-likeness (QED) is 0.838. The lowest BCUT2D eigenvalue weighted by atomic mass is 10.3. The molecule has 1 N–H and O–H groups in total. The van der Waals surface area contributed by atoms with Gasteiger partial charge in [-0.05, 0) is 18.2 Å². The SMILES string of the molecule is Fc1cccc(Nc2ncc(C(F)(F)F)cn2)c1. The van der Waals surface area contributed by atoms with Crippen molar-refractivity contribution in [1.82, 2.24) is 9.97 Å². The molecule has 2 rings (SSSR count). The van der Waals surface area contributed by atoms with Gasteiger partial charge in [0.2, 0.25) is 5.95 Å². The summed E-state index contributed by atoms with van der Waals surface area (Å²) in [7, 11) is 0. The summed E-state index contributed by atoms with van der Waals surface area (Å²) in [6.45, 7) is 0. The van der Waals surface area contributed by atoms with E-state index in [0.29, 0.717) is 18.1 Å². The van der Waals surface area contributed by atoms with Gasteiger partial charge in [0.1, 0.15) is 5.82 Å². The van der Waals surface area contributed by atoms with Crippen molar-refractivity contribution in [3.63, 3.8) is 0 Å². The molecule has 0 spiro atoms. The second-order valence-electron chi connectivity index (χ2n) is 3.43. The average molecular weight is 257 g/mol. The molecular weight excluding hydrogens is 250 g/mol. The summed E-state index contributed by atoms with van der Waals surface area (Å²) in [5.41, 5.74) is -0.581. The number of anilines is 2. The topological polar surface area (TPSA) is 37.8 Å². The van der Waals surface area contributed by atoms with Crippen molar-refractivity contribution < 1.29 is 17.6 Å². The predicted molar refractivity (Wildman–Crippen MR) is 56.7 cm³/mol. The Labute approximate surface area is 99.5 Å². The Morgan fingerprint density at radius 1 is 1.06 bits per heavy atom. The molecule has 2 aromatic rings. The Morgan fingerprint density at radius 3 is 2.28 bits per heavy atom. The van der Waals surface area contributed by atoms with E-state index in [1.54, 1.807) is 6.07 Å². The summed E-state index contributed by atoms with van der Waals surface area (Å²) in [6, 6.07) is 5.44. The van der Waals surface area contributed by atoms with Gasteiger partial charge in [0.15, 0.2) is 0 Å². The summed E-state index contributed by atoms with van der Waals surface area (Å²) in [5.74, 6) is -0.500. The maximum absolute atomic E-state index is 12.9. The van der Waals surface area contributed by atoms with Crippen molar-refractivity contribution in [2.24, 2.45) is 0 Å². The first-order valence-electron chi connectivity index (χ1n) is 4.87. The summed E-state index contributed by atoms with van der Waals surface area (Å²) < 4.78 is 49.6. The van der Waals surface area contributed by atoms with E-state index >= 15 is 0 Å². The third-order valence-electron chi connectivity index (χ3n) is 2.06. The van der Waals surface area contributed by atoms with E-state index in [1.165, 1.54) is 18.2 Å². The first-order valence-corrected chi connectivity index (χ1v) is 4.87. The van der Waals surface area contributed by atoms with Crippen molar-refractivity contribution in [3.05, 3.63) is 48.0 Å². The van der Waals surface area contributed by atoms with Crippen LogP contribution in [0.1, 0.15) is 5.56 Å². The molecule has 7 heteroatoms. The van der Waals surface area contributed by atoms with Gasteiger partial charge in [0, 0.05) is 18.1 Å². The summed E-state index contributed by atoms with van der Waals surface area (Å²) in [4.78, 5) is 7.01. The number of nitrogens with zero attached hydrogens (tertiary/aromatic N) is 2. The van der Waals surface area contributed by atoms with Gasteiger partial charge in [-0.1, -0.05) is 6.07 Å².